The summed E-state index contributed by atoms with van der Waals surface area (Å²) in [7, 11) is 0. The van der Waals surface area contributed by atoms with Crippen LogP contribution in [0.15, 0.2) is 42.5 Å². The maximum atomic E-state index is 12.7. The minimum Gasteiger partial charge on any atom is -0.374 e. The van der Waals surface area contributed by atoms with Gasteiger partial charge < -0.3 is 10.1 Å². The van der Waals surface area contributed by atoms with Gasteiger partial charge in [-0.05, 0) is 69.2 Å². The summed E-state index contributed by atoms with van der Waals surface area (Å²) in [5.74, 6) is 0.361. The summed E-state index contributed by atoms with van der Waals surface area (Å²) in [6, 6.07) is 12.9. The maximum absolute atomic E-state index is 12.7. The summed E-state index contributed by atoms with van der Waals surface area (Å²) in [5, 5.41) is 7.88. The molecule has 6 nitrogen and oxygen atoms in total. The quantitative estimate of drug-likeness (QED) is 0.652. The number of aryl methyl sites for hydroxylation is 1. The number of halogens is 1. The number of ether oxygens (including phenoxy) is 1. The zero-order valence-corrected chi connectivity index (χ0v) is 17.1. The Morgan fingerprint density at radius 1 is 1.18 bits per heavy atom. The van der Waals surface area contributed by atoms with Gasteiger partial charge in [-0.2, -0.15) is 0 Å². The van der Waals surface area contributed by atoms with Crippen LogP contribution in [0.5, 0.6) is 0 Å². The Balaban J connectivity index is 1.79. The van der Waals surface area contributed by atoms with Gasteiger partial charge in [-0.3, -0.25) is 4.79 Å². The van der Waals surface area contributed by atoms with Crippen LogP contribution < -0.4 is 5.32 Å². The van der Waals surface area contributed by atoms with Crippen LogP contribution in [-0.2, 0) is 11.3 Å². The van der Waals surface area contributed by atoms with E-state index in [4.69, 9.17) is 16.3 Å². The number of anilines is 1. The van der Waals surface area contributed by atoms with Crippen molar-refractivity contribution in [2.75, 3.05) is 5.32 Å². The second kappa shape index (κ2) is 8.54. The number of hydrogen-bond acceptors (Lipinski definition) is 4. The van der Waals surface area contributed by atoms with Gasteiger partial charge in [0.05, 0.1) is 18.4 Å². The summed E-state index contributed by atoms with van der Waals surface area (Å²) in [4.78, 5) is 17.0. The minimum atomic E-state index is -0.360. The first-order valence-electron chi connectivity index (χ1n) is 9.06. The number of carbonyl (C=O) groups is 1. The summed E-state index contributed by atoms with van der Waals surface area (Å²) in [6.07, 6.45) is 0.140. The Kier molecular flexibility index (Phi) is 6.11. The third-order valence-electron chi connectivity index (χ3n) is 4.31. The molecule has 28 heavy (non-hydrogen) atoms. The third-order valence-corrected chi connectivity index (χ3v) is 4.56. The predicted octanol–water partition coefficient (Wildman–Crippen LogP) is 4.71. The lowest BCUT2D eigenvalue weighted by Crippen LogP contribution is -2.15. The third kappa shape index (κ3) is 4.58. The van der Waals surface area contributed by atoms with Crippen molar-refractivity contribution in [1.29, 1.82) is 0 Å². The van der Waals surface area contributed by atoms with E-state index in [2.05, 4.69) is 15.4 Å². The number of rotatable bonds is 6. The molecular formula is C21H23ClN4O2. The second-order valence-electron chi connectivity index (χ2n) is 6.77. The molecule has 7 heteroatoms. The molecule has 146 valence electrons. The Bertz CT molecular complexity index is 981. The van der Waals surface area contributed by atoms with Crippen molar-refractivity contribution < 1.29 is 9.53 Å². The SMILES string of the molecule is Cc1c(COC(C)C)cccc1NC(=O)c1nc(C)n(-c2ccc(Cl)cc2)n1. The van der Waals surface area contributed by atoms with E-state index >= 15 is 0 Å². The van der Waals surface area contributed by atoms with E-state index in [9.17, 15) is 4.79 Å². The van der Waals surface area contributed by atoms with E-state index in [-0.39, 0.29) is 17.8 Å². The van der Waals surface area contributed by atoms with Gasteiger partial charge in [0.25, 0.3) is 5.91 Å². The molecule has 0 saturated carbocycles. The summed E-state index contributed by atoms with van der Waals surface area (Å²) >= 11 is 5.93. The largest absolute Gasteiger partial charge is 0.374 e. The van der Waals surface area contributed by atoms with E-state index in [1.807, 2.05) is 51.1 Å². The molecule has 1 aromatic heterocycles. The van der Waals surface area contributed by atoms with Crippen LogP contribution >= 0.6 is 11.6 Å². The molecule has 1 heterocycles. The maximum Gasteiger partial charge on any atom is 0.295 e. The number of hydrogen-bond donors (Lipinski definition) is 1. The first kappa shape index (κ1) is 20.0. The van der Waals surface area contributed by atoms with Crippen molar-refractivity contribution in [3.8, 4) is 5.69 Å². The van der Waals surface area contributed by atoms with Crippen molar-refractivity contribution in [1.82, 2.24) is 14.8 Å². The highest BCUT2D eigenvalue weighted by Gasteiger charge is 2.17. The van der Waals surface area contributed by atoms with Crippen molar-refractivity contribution >= 4 is 23.2 Å². The standard InChI is InChI=1S/C21H23ClN4O2/c1-13(2)28-12-16-6-5-7-19(14(16)3)24-21(27)20-23-15(4)26(25-20)18-10-8-17(22)9-11-18/h5-11,13H,12H2,1-4H3,(H,24,27). The fourth-order valence-corrected chi connectivity index (χ4v) is 2.85. The van der Waals surface area contributed by atoms with E-state index in [1.165, 1.54) is 0 Å². The Morgan fingerprint density at radius 3 is 2.57 bits per heavy atom. The van der Waals surface area contributed by atoms with Crippen LogP contribution in [0.3, 0.4) is 0 Å². The predicted molar refractivity (Wildman–Crippen MR) is 110 cm³/mol. The van der Waals surface area contributed by atoms with Crippen molar-refractivity contribution in [3.63, 3.8) is 0 Å². The van der Waals surface area contributed by atoms with Crippen LogP contribution in [0, 0.1) is 13.8 Å². The van der Waals surface area contributed by atoms with Gasteiger partial charge in [-0.1, -0.05) is 23.7 Å². The van der Waals surface area contributed by atoms with Crippen molar-refractivity contribution in [3.05, 3.63) is 70.3 Å². The molecule has 0 aliphatic heterocycles. The lowest BCUT2D eigenvalue weighted by molar-refractivity contribution is 0.0654. The highest BCUT2D eigenvalue weighted by atomic mass is 35.5. The number of benzene rings is 2. The molecule has 1 N–H and O–H groups in total. The number of aromatic nitrogens is 3. The Hall–Kier alpha value is -2.70. The molecule has 0 aliphatic rings. The first-order chi connectivity index (χ1) is 13.3. The van der Waals surface area contributed by atoms with Crippen LogP contribution in [-0.4, -0.2) is 26.8 Å². The summed E-state index contributed by atoms with van der Waals surface area (Å²) in [6.45, 7) is 8.24. The van der Waals surface area contributed by atoms with Gasteiger partial charge >= 0.3 is 0 Å². The zero-order chi connectivity index (χ0) is 20.3. The molecule has 0 spiro atoms. The average molecular weight is 399 g/mol. The molecule has 0 atom stereocenters. The molecule has 0 bridgehead atoms. The lowest BCUT2D eigenvalue weighted by atomic mass is 10.1. The topological polar surface area (TPSA) is 69.0 Å². The fourth-order valence-electron chi connectivity index (χ4n) is 2.72. The molecular weight excluding hydrogens is 376 g/mol. The highest BCUT2D eigenvalue weighted by Crippen LogP contribution is 2.21. The number of amides is 1. The normalized spacial score (nSPS) is 11.1. The van der Waals surface area contributed by atoms with Crippen LogP contribution in [0.1, 0.15) is 41.4 Å². The first-order valence-corrected chi connectivity index (χ1v) is 9.44. The Labute approximate surface area is 169 Å². The molecule has 0 radical (unpaired) electrons. The number of carbonyl (C=O) groups excluding carboxylic acids is 1. The van der Waals surface area contributed by atoms with Gasteiger partial charge in [0, 0.05) is 10.7 Å². The van der Waals surface area contributed by atoms with E-state index in [1.54, 1.807) is 23.7 Å². The second-order valence-corrected chi connectivity index (χ2v) is 7.21. The fraction of sp³-hybridized carbons (Fsp3) is 0.286. The van der Waals surface area contributed by atoms with Crippen molar-refractivity contribution in [2.45, 2.75) is 40.4 Å². The van der Waals surface area contributed by atoms with Crippen LogP contribution in [0.2, 0.25) is 5.02 Å². The van der Waals surface area contributed by atoms with Gasteiger partial charge in [0.1, 0.15) is 5.82 Å². The van der Waals surface area contributed by atoms with Crippen LogP contribution in [0.25, 0.3) is 5.69 Å². The lowest BCUT2D eigenvalue weighted by Gasteiger charge is -2.13. The van der Waals surface area contributed by atoms with Gasteiger partial charge in [0.15, 0.2) is 0 Å². The van der Waals surface area contributed by atoms with Gasteiger partial charge in [0.2, 0.25) is 5.82 Å². The Morgan fingerprint density at radius 2 is 1.89 bits per heavy atom. The van der Waals surface area contributed by atoms with E-state index in [0.717, 1.165) is 22.5 Å². The monoisotopic (exact) mass is 398 g/mol. The zero-order valence-electron chi connectivity index (χ0n) is 16.4. The molecule has 0 fully saturated rings. The molecule has 2 aromatic carbocycles. The number of nitrogens with one attached hydrogen (secondary N) is 1. The summed E-state index contributed by atoms with van der Waals surface area (Å²) < 4.78 is 7.30. The molecule has 0 aliphatic carbocycles. The molecule has 3 rings (SSSR count). The molecule has 0 unspecified atom stereocenters. The molecule has 3 aromatic rings. The minimum absolute atomic E-state index is 0.107. The van der Waals surface area contributed by atoms with Crippen molar-refractivity contribution in [2.24, 2.45) is 0 Å². The molecule has 0 saturated heterocycles. The summed E-state index contributed by atoms with van der Waals surface area (Å²) in [5.41, 5.74) is 3.50. The average Bonchev–Trinajstić information content (AvgIpc) is 3.05. The molecule has 1 amide bonds. The smallest absolute Gasteiger partial charge is 0.295 e. The number of nitrogens with zero attached hydrogens (tertiary/aromatic N) is 3. The van der Waals surface area contributed by atoms with Gasteiger partial charge in [-0.15, -0.1) is 5.10 Å². The highest BCUT2D eigenvalue weighted by molar-refractivity contribution is 6.30. The van der Waals surface area contributed by atoms with Gasteiger partial charge in [-0.25, -0.2) is 9.67 Å². The van der Waals surface area contributed by atoms with E-state index < -0.39 is 0 Å². The van der Waals surface area contributed by atoms with Crippen LogP contribution in [0.4, 0.5) is 5.69 Å². The van der Waals surface area contributed by atoms with E-state index in [0.29, 0.717) is 17.5 Å².